The van der Waals surface area contributed by atoms with Gasteiger partial charge in [0.1, 0.15) is 4.83 Å². The summed E-state index contributed by atoms with van der Waals surface area (Å²) in [6.07, 6.45) is 5.13. The summed E-state index contributed by atoms with van der Waals surface area (Å²) in [7, 11) is 1.42. The molecule has 140 valence electrons. The normalized spacial score (nSPS) is 19.1. The fourth-order valence-corrected chi connectivity index (χ4v) is 5.92. The Labute approximate surface area is 160 Å². The first kappa shape index (κ1) is 17.7. The van der Waals surface area contributed by atoms with Gasteiger partial charge in [0, 0.05) is 26.2 Å². The van der Waals surface area contributed by atoms with Gasteiger partial charge in [-0.1, -0.05) is 11.3 Å². The number of nitrogens with zero attached hydrogens (tertiary/aromatic N) is 3. The van der Waals surface area contributed by atoms with Crippen molar-refractivity contribution in [2.24, 2.45) is 5.92 Å². The van der Waals surface area contributed by atoms with Gasteiger partial charge in [-0.3, -0.25) is 9.59 Å². The van der Waals surface area contributed by atoms with Crippen molar-refractivity contribution >= 4 is 49.2 Å². The monoisotopic (exact) mass is 393 g/mol. The molecule has 6 nitrogen and oxygen atoms in total. The molecule has 2 aromatic rings. The number of thiazole rings is 1. The molecule has 8 heteroatoms. The lowest BCUT2D eigenvalue weighted by molar-refractivity contribution is -0.146. The summed E-state index contributed by atoms with van der Waals surface area (Å²) in [6.45, 7) is 3.39. The molecule has 0 aliphatic carbocycles. The number of esters is 1. The maximum Gasteiger partial charge on any atom is 0.308 e. The van der Waals surface area contributed by atoms with Gasteiger partial charge in [0.25, 0.3) is 5.91 Å². The zero-order valence-corrected chi connectivity index (χ0v) is 16.5. The first-order valence-electron chi connectivity index (χ1n) is 9.18. The van der Waals surface area contributed by atoms with E-state index in [1.807, 2.05) is 11.0 Å². The zero-order chi connectivity index (χ0) is 18.1. The van der Waals surface area contributed by atoms with Crippen molar-refractivity contribution in [2.45, 2.75) is 32.1 Å². The molecule has 0 atom stereocenters. The Morgan fingerprint density at radius 2 is 1.85 bits per heavy atom. The SMILES string of the molecule is COC(=O)C1CCN(C(=O)c2cc3sc(N4CCCCC4)nc3s2)CC1. The van der Waals surface area contributed by atoms with Crippen molar-refractivity contribution in [3.05, 3.63) is 10.9 Å². The molecule has 1 amide bonds. The van der Waals surface area contributed by atoms with Gasteiger partial charge < -0.3 is 14.5 Å². The Morgan fingerprint density at radius 1 is 1.12 bits per heavy atom. The molecule has 2 aromatic heterocycles. The number of aromatic nitrogens is 1. The van der Waals surface area contributed by atoms with Gasteiger partial charge in [0.2, 0.25) is 0 Å². The number of hydrogen-bond acceptors (Lipinski definition) is 7. The number of methoxy groups -OCH3 is 1. The largest absolute Gasteiger partial charge is 0.469 e. The van der Waals surface area contributed by atoms with E-state index in [0.29, 0.717) is 25.9 Å². The second-order valence-electron chi connectivity index (χ2n) is 6.91. The van der Waals surface area contributed by atoms with E-state index in [4.69, 9.17) is 9.72 Å². The van der Waals surface area contributed by atoms with Gasteiger partial charge in [0.05, 0.1) is 22.6 Å². The van der Waals surface area contributed by atoms with Crippen LogP contribution in [0.15, 0.2) is 6.07 Å². The van der Waals surface area contributed by atoms with Crippen molar-refractivity contribution in [3.8, 4) is 0 Å². The lowest BCUT2D eigenvalue weighted by atomic mass is 9.97. The van der Waals surface area contributed by atoms with Crippen LogP contribution in [-0.2, 0) is 9.53 Å². The molecule has 0 unspecified atom stereocenters. The highest BCUT2D eigenvalue weighted by Gasteiger charge is 2.29. The molecule has 0 spiro atoms. The molecule has 2 aliphatic rings. The molecule has 0 radical (unpaired) electrons. The van der Waals surface area contributed by atoms with Crippen molar-refractivity contribution in [1.82, 2.24) is 9.88 Å². The van der Waals surface area contributed by atoms with E-state index in [-0.39, 0.29) is 17.8 Å². The average molecular weight is 394 g/mol. The fraction of sp³-hybridized carbons (Fsp3) is 0.611. The van der Waals surface area contributed by atoms with E-state index in [0.717, 1.165) is 32.6 Å². The first-order chi connectivity index (χ1) is 12.7. The van der Waals surface area contributed by atoms with Crippen molar-refractivity contribution in [1.29, 1.82) is 0 Å². The van der Waals surface area contributed by atoms with Crippen LogP contribution in [0.2, 0.25) is 0 Å². The van der Waals surface area contributed by atoms with E-state index < -0.39 is 0 Å². The van der Waals surface area contributed by atoms with Crippen molar-refractivity contribution in [3.63, 3.8) is 0 Å². The number of carbonyl (C=O) groups excluding carboxylic acids is 2. The second-order valence-corrected chi connectivity index (χ2v) is 8.95. The van der Waals surface area contributed by atoms with Crippen LogP contribution in [0, 0.1) is 5.92 Å². The maximum absolute atomic E-state index is 12.8. The Morgan fingerprint density at radius 3 is 2.50 bits per heavy atom. The van der Waals surface area contributed by atoms with Crippen molar-refractivity contribution < 1.29 is 14.3 Å². The van der Waals surface area contributed by atoms with E-state index in [1.54, 1.807) is 11.3 Å². The van der Waals surface area contributed by atoms with Crippen LogP contribution in [0.25, 0.3) is 9.53 Å². The van der Waals surface area contributed by atoms with Crippen LogP contribution >= 0.6 is 22.7 Å². The molecule has 26 heavy (non-hydrogen) atoms. The third-order valence-corrected chi connectivity index (χ3v) is 7.44. The molecular formula is C18H23N3O3S2. The summed E-state index contributed by atoms with van der Waals surface area (Å²) >= 11 is 3.17. The highest BCUT2D eigenvalue weighted by atomic mass is 32.1. The minimum atomic E-state index is -0.164. The van der Waals surface area contributed by atoms with Gasteiger partial charge in [-0.2, -0.15) is 0 Å². The minimum Gasteiger partial charge on any atom is -0.469 e. The highest BCUT2D eigenvalue weighted by Crippen LogP contribution is 2.36. The molecule has 4 heterocycles. The van der Waals surface area contributed by atoms with Crippen LogP contribution in [0.1, 0.15) is 41.8 Å². The minimum absolute atomic E-state index is 0.0584. The molecule has 2 fully saturated rings. The topological polar surface area (TPSA) is 62.7 Å². The van der Waals surface area contributed by atoms with Crippen LogP contribution in [-0.4, -0.2) is 55.0 Å². The number of ether oxygens (including phenoxy) is 1. The highest BCUT2D eigenvalue weighted by molar-refractivity contribution is 7.29. The van der Waals surface area contributed by atoms with Gasteiger partial charge >= 0.3 is 5.97 Å². The lowest BCUT2D eigenvalue weighted by Crippen LogP contribution is -2.40. The molecule has 4 rings (SSSR count). The number of piperidine rings is 2. The van der Waals surface area contributed by atoms with E-state index in [2.05, 4.69) is 4.90 Å². The quantitative estimate of drug-likeness (QED) is 0.748. The molecule has 0 N–H and O–H groups in total. The smallest absolute Gasteiger partial charge is 0.308 e. The molecule has 2 saturated heterocycles. The molecule has 2 aliphatic heterocycles. The Hall–Kier alpha value is -1.67. The average Bonchev–Trinajstić information content (AvgIpc) is 3.27. The molecular weight excluding hydrogens is 370 g/mol. The summed E-state index contributed by atoms with van der Waals surface area (Å²) < 4.78 is 5.91. The van der Waals surface area contributed by atoms with Crippen LogP contribution in [0.5, 0.6) is 0 Å². The maximum atomic E-state index is 12.8. The number of carbonyl (C=O) groups is 2. The number of thiophene rings is 1. The van der Waals surface area contributed by atoms with E-state index >= 15 is 0 Å². The standard InChI is InChI=1S/C18H23N3O3S2/c1-24-17(23)12-5-9-20(10-6-12)16(22)14-11-13-15(25-14)19-18(26-13)21-7-3-2-4-8-21/h11-12H,2-10H2,1H3. The van der Waals surface area contributed by atoms with Gasteiger partial charge in [0.15, 0.2) is 5.13 Å². The van der Waals surface area contributed by atoms with Crippen molar-refractivity contribution in [2.75, 3.05) is 38.2 Å². The number of anilines is 1. The Kier molecular flexibility index (Phi) is 5.13. The van der Waals surface area contributed by atoms with Gasteiger partial charge in [-0.25, -0.2) is 4.98 Å². The fourth-order valence-electron chi connectivity index (χ4n) is 3.69. The number of amides is 1. The summed E-state index contributed by atoms with van der Waals surface area (Å²) in [5.41, 5.74) is 0. The number of rotatable bonds is 3. The van der Waals surface area contributed by atoms with Crippen LogP contribution < -0.4 is 4.90 Å². The molecule has 0 bridgehead atoms. The lowest BCUT2D eigenvalue weighted by Gasteiger charge is -2.30. The Balaban J connectivity index is 1.43. The third-order valence-electron chi connectivity index (χ3n) is 5.23. The summed E-state index contributed by atoms with van der Waals surface area (Å²) in [4.78, 5) is 35.1. The second kappa shape index (κ2) is 7.52. The van der Waals surface area contributed by atoms with Crippen LogP contribution in [0.3, 0.4) is 0 Å². The predicted molar refractivity (Wildman–Crippen MR) is 104 cm³/mol. The van der Waals surface area contributed by atoms with Gasteiger partial charge in [-0.15, -0.1) is 11.3 Å². The molecule has 0 aromatic carbocycles. The zero-order valence-electron chi connectivity index (χ0n) is 14.9. The molecule has 0 saturated carbocycles. The third kappa shape index (κ3) is 3.44. The number of likely N-dealkylation sites (tertiary alicyclic amines) is 1. The van der Waals surface area contributed by atoms with E-state index in [1.165, 1.54) is 37.7 Å². The Bertz CT molecular complexity index is 770. The van der Waals surface area contributed by atoms with Gasteiger partial charge in [-0.05, 0) is 38.2 Å². The number of hydrogen-bond donors (Lipinski definition) is 0. The summed E-state index contributed by atoms with van der Waals surface area (Å²) in [6, 6.07) is 1.99. The van der Waals surface area contributed by atoms with Crippen LogP contribution in [0.4, 0.5) is 5.13 Å². The summed E-state index contributed by atoms with van der Waals surface area (Å²) in [5.74, 6) is -0.184. The predicted octanol–water partition coefficient (Wildman–Crippen LogP) is 3.37. The number of fused-ring (bicyclic) bond motifs is 1. The summed E-state index contributed by atoms with van der Waals surface area (Å²) in [5, 5.41) is 1.09. The van der Waals surface area contributed by atoms with E-state index in [9.17, 15) is 9.59 Å². The first-order valence-corrected chi connectivity index (χ1v) is 10.8.